The molecule has 1 amide bonds. The van der Waals surface area contributed by atoms with E-state index in [1.54, 1.807) is 11.0 Å². The molecule has 0 saturated heterocycles. The maximum atomic E-state index is 12.5. The first-order valence-corrected chi connectivity index (χ1v) is 8.83. The molecular formula is C20H21N5O. The Bertz CT molecular complexity index is 902. The summed E-state index contributed by atoms with van der Waals surface area (Å²) in [6.45, 7) is 4.83. The van der Waals surface area contributed by atoms with E-state index >= 15 is 0 Å². The molecule has 1 aliphatic heterocycles. The van der Waals surface area contributed by atoms with Crippen LogP contribution in [-0.2, 0) is 13.0 Å². The summed E-state index contributed by atoms with van der Waals surface area (Å²) in [5.41, 5.74) is 5.12. The van der Waals surface area contributed by atoms with Gasteiger partial charge in [0.25, 0.3) is 5.91 Å². The molecule has 0 bridgehead atoms. The van der Waals surface area contributed by atoms with Gasteiger partial charge in [-0.05, 0) is 48.7 Å². The second-order valence-corrected chi connectivity index (χ2v) is 6.42. The molecule has 4 rings (SSSR count). The smallest absolute Gasteiger partial charge is 0.255 e. The van der Waals surface area contributed by atoms with Crippen LogP contribution >= 0.6 is 0 Å². The number of anilines is 2. The van der Waals surface area contributed by atoms with Gasteiger partial charge in [0.15, 0.2) is 0 Å². The first kappa shape index (κ1) is 16.3. The van der Waals surface area contributed by atoms with E-state index in [0.717, 1.165) is 30.8 Å². The largest absolute Gasteiger partial charge is 0.371 e. The van der Waals surface area contributed by atoms with E-state index < -0.39 is 0 Å². The average molecular weight is 347 g/mol. The Morgan fingerprint density at radius 2 is 2.04 bits per heavy atom. The summed E-state index contributed by atoms with van der Waals surface area (Å²) in [6.07, 6.45) is 4.26. The summed E-state index contributed by atoms with van der Waals surface area (Å²) in [5.74, 6) is -0.0988. The Morgan fingerprint density at radius 1 is 1.19 bits per heavy atom. The molecule has 1 aliphatic rings. The fraction of sp³-hybridized carbons (Fsp3) is 0.250. The van der Waals surface area contributed by atoms with Gasteiger partial charge in [-0.1, -0.05) is 18.2 Å². The summed E-state index contributed by atoms with van der Waals surface area (Å²) < 4.78 is 1.75. The number of benzene rings is 2. The van der Waals surface area contributed by atoms with E-state index in [-0.39, 0.29) is 5.91 Å². The van der Waals surface area contributed by atoms with Crippen LogP contribution in [0, 0.1) is 0 Å². The zero-order valence-corrected chi connectivity index (χ0v) is 14.7. The Balaban J connectivity index is 1.45. The van der Waals surface area contributed by atoms with Crippen molar-refractivity contribution in [1.29, 1.82) is 0 Å². The van der Waals surface area contributed by atoms with Gasteiger partial charge in [0, 0.05) is 30.0 Å². The monoisotopic (exact) mass is 347 g/mol. The third-order valence-corrected chi connectivity index (χ3v) is 4.74. The summed E-state index contributed by atoms with van der Waals surface area (Å²) in [4.78, 5) is 18.8. The van der Waals surface area contributed by atoms with Crippen LogP contribution in [0.25, 0.3) is 0 Å². The van der Waals surface area contributed by atoms with E-state index in [0.29, 0.717) is 12.1 Å². The minimum absolute atomic E-state index is 0.0988. The fourth-order valence-corrected chi connectivity index (χ4v) is 3.32. The molecule has 0 atom stereocenters. The van der Waals surface area contributed by atoms with Gasteiger partial charge in [0.1, 0.15) is 12.7 Å². The summed E-state index contributed by atoms with van der Waals surface area (Å²) in [6, 6.07) is 13.7. The maximum absolute atomic E-state index is 12.5. The van der Waals surface area contributed by atoms with Crippen molar-refractivity contribution in [2.75, 3.05) is 23.3 Å². The van der Waals surface area contributed by atoms with Crippen molar-refractivity contribution in [3.8, 4) is 0 Å². The van der Waals surface area contributed by atoms with Gasteiger partial charge in [-0.2, -0.15) is 5.10 Å². The zero-order valence-electron chi connectivity index (χ0n) is 14.7. The van der Waals surface area contributed by atoms with Crippen LogP contribution in [0.5, 0.6) is 0 Å². The Morgan fingerprint density at radius 3 is 2.77 bits per heavy atom. The number of nitrogens with one attached hydrogen (secondary N) is 1. The molecular weight excluding hydrogens is 326 g/mol. The van der Waals surface area contributed by atoms with Crippen molar-refractivity contribution in [2.45, 2.75) is 19.9 Å². The number of carbonyl (C=O) groups excluding carboxylic acids is 1. The van der Waals surface area contributed by atoms with Crippen molar-refractivity contribution < 1.29 is 4.79 Å². The van der Waals surface area contributed by atoms with E-state index in [1.165, 1.54) is 17.6 Å². The van der Waals surface area contributed by atoms with Gasteiger partial charge in [0.2, 0.25) is 0 Å². The van der Waals surface area contributed by atoms with Crippen molar-refractivity contribution in [2.24, 2.45) is 0 Å². The van der Waals surface area contributed by atoms with Gasteiger partial charge in [-0.25, -0.2) is 9.67 Å². The van der Waals surface area contributed by atoms with Crippen molar-refractivity contribution >= 4 is 17.3 Å². The van der Waals surface area contributed by atoms with Crippen molar-refractivity contribution in [3.05, 3.63) is 71.8 Å². The molecule has 0 radical (unpaired) electrons. The van der Waals surface area contributed by atoms with Crippen LogP contribution in [-0.4, -0.2) is 33.8 Å². The lowest BCUT2D eigenvalue weighted by Crippen LogP contribution is -2.19. The van der Waals surface area contributed by atoms with E-state index in [9.17, 15) is 4.79 Å². The number of hydrogen-bond donors (Lipinski definition) is 1. The number of aromatic nitrogens is 3. The fourth-order valence-electron chi connectivity index (χ4n) is 3.32. The number of carbonyl (C=O) groups is 1. The van der Waals surface area contributed by atoms with Gasteiger partial charge < -0.3 is 10.2 Å². The van der Waals surface area contributed by atoms with Gasteiger partial charge in [-0.3, -0.25) is 4.79 Å². The molecule has 6 nitrogen and oxygen atoms in total. The lowest BCUT2D eigenvalue weighted by atomic mass is 10.1. The third kappa shape index (κ3) is 3.31. The first-order valence-electron chi connectivity index (χ1n) is 8.83. The summed E-state index contributed by atoms with van der Waals surface area (Å²) in [7, 11) is 0. The number of likely N-dealkylation sites (N-methyl/N-ethyl adjacent to an activating group) is 1. The topological polar surface area (TPSA) is 63.1 Å². The van der Waals surface area contributed by atoms with E-state index in [1.807, 2.05) is 30.3 Å². The summed E-state index contributed by atoms with van der Waals surface area (Å²) >= 11 is 0. The number of amides is 1. The van der Waals surface area contributed by atoms with Crippen LogP contribution in [0.3, 0.4) is 0 Å². The third-order valence-electron chi connectivity index (χ3n) is 4.74. The molecule has 2 heterocycles. The van der Waals surface area contributed by atoms with Crippen molar-refractivity contribution in [3.63, 3.8) is 0 Å². The molecule has 0 unspecified atom stereocenters. The number of nitrogens with zero attached hydrogens (tertiary/aromatic N) is 4. The SMILES string of the molecule is CCN1CCc2ccc(NC(=O)c3ccc(Cn4cncn4)cc3)cc21. The molecule has 0 spiro atoms. The van der Waals surface area contributed by atoms with E-state index in [4.69, 9.17) is 0 Å². The lowest BCUT2D eigenvalue weighted by Gasteiger charge is -2.17. The van der Waals surface area contributed by atoms with Crippen LogP contribution in [0.15, 0.2) is 55.1 Å². The molecule has 3 aromatic rings. The summed E-state index contributed by atoms with van der Waals surface area (Å²) in [5, 5.41) is 7.09. The first-order chi connectivity index (χ1) is 12.7. The van der Waals surface area contributed by atoms with Crippen LogP contribution in [0.1, 0.15) is 28.4 Å². The molecule has 1 N–H and O–H groups in total. The van der Waals surface area contributed by atoms with Gasteiger partial charge in [-0.15, -0.1) is 0 Å². The highest BCUT2D eigenvalue weighted by Gasteiger charge is 2.18. The van der Waals surface area contributed by atoms with Crippen LogP contribution < -0.4 is 10.2 Å². The van der Waals surface area contributed by atoms with Crippen molar-refractivity contribution in [1.82, 2.24) is 14.8 Å². The minimum atomic E-state index is -0.0988. The standard InChI is InChI=1S/C20H21N5O/c1-2-24-10-9-16-7-8-18(11-19(16)24)23-20(26)17-5-3-15(4-6-17)12-25-14-21-13-22-25/h3-8,11,13-14H,2,9-10,12H2,1H3,(H,23,26). The molecule has 2 aromatic carbocycles. The number of hydrogen-bond acceptors (Lipinski definition) is 4. The predicted molar refractivity (Wildman–Crippen MR) is 102 cm³/mol. The van der Waals surface area contributed by atoms with Crippen LogP contribution in [0.2, 0.25) is 0 Å². The Hall–Kier alpha value is -3.15. The van der Waals surface area contributed by atoms with Gasteiger partial charge >= 0.3 is 0 Å². The highest BCUT2D eigenvalue weighted by atomic mass is 16.1. The molecule has 0 fully saturated rings. The van der Waals surface area contributed by atoms with E-state index in [2.05, 4.69) is 39.4 Å². The molecule has 26 heavy (non-hydrogen) atoms. The predicted octanol–water partition coefficient (Wildman–Crippen LogP) is 2.96. The molecule has 6 heteroatoms. The highest BCUT2D eigenvalue weighted by Crippen LogP contribution is 2.30. The second-order valence-electron chi connectivity index (χ2n) is 6.42. The number of rotatable bonds is 5. The molecule has 132 valence electrons. The lowest BCUT2D eigenvalue weighted by molar-refractivity contribution is 0.102. The zero-order chi connectivity index (χ0) is 17.9. The molecule has 1 aromatic heterocycles. The Labute approximate surface area is 152 Å². The Kier molecular flexibility index (Phi) is 4.39. The molecule has 0 saturated carbocycles. The number of fused-ring (bicyclic) bond motifs is 1. The maximum Gasteiger partial charge on any atom is 0.255 e. The van der Waals surface area contributed by atoms with Gasteiger partial charge in [0.05, 0.1) is 6.54 Å². The normalized spacial score (nSPS) is 12.9. The van der Waals surface area contributed by atoms with Crippen LogP contribution in [0.4, 0.5) is 11.4 Å². The minimum Gasteiger partial charge on any atom is -0.371 e. The highest BCUT2D eigenvalue weighted by molar-refractivity contribution is 6.04. The molecule has 0 aliphatic carbocycles. The average Bonchev–Trinajstić information content (AvgIpc) is 3.31. The quantitative estimate of drug-likeness (QED) is 0.771. The second kappa shape index (κ2) is 7.00.